The van der Waals surface area contributed by atoms with Crippen molar-refractivity contribution in [3.8, 4) is 5.75 Å². The highest BCUT2D eigenvalue weighted by Gasteiger charge is 2.35. The number of carboxylic acid groups (broad SMARTS) is 1. The number of hydrogen-bond donors (Lipinski definition) is 3. The van der Waals surface area contributed by atoms with Crippen LogP contribution in [0.15, 0.2) is 60.7 Å². The summed E-state index contributed by atoms with van der Waals surface area (Å²) in [5.41, 5.74) is 0.538. The number of phenols is 1. The molecular weight excluding hydrogens is 485 g/mol. The van der Waals surface area contributed by atoms with Crippen molar-refractivity contribution in [1.29, 1.82) is 0 Å². The molecule has 0 aliphatic carbocycles. The maximum absolute atomic E-state index is 12.5. The molecular formula is C22H24INO5. The molecule has 6 nitrogen and oxygen atoms in total. The summed E-state index contributed by atoms with van der Waals surface area (Å²) < 4.78 is 6.66. The first-order chi connectivity index (χ1) is 13.7. The van der Waals surface area contributed by atoms with Crippen LogP contribution in [0.2, 0.25) is 0 Å². The van der Waals surface area contributed by atoms with Crippen molar-refractivity contribution in [2.45, 2.75) is 32.8 Å². The number of aromatic hydroxyl groups is 1. The van der Waals surface area contributed by atoms with Gasteiger partial charge in [0.15, 0.2) is 0 Å². The van der Waals surface area contributed by atoms with Crippen LogP contribution in [0, 0.1) is 8.99 Å². The second-order valence-corrected chi connectivity index (χ2v) is 8.49. The molecule has 0 aromatic heterocycles. The lowest BCUT2D eigenvalue weighted by Gasteiger charge is -2.34. The zero-order valence-corrected chi connectivity index (χ0v) is 18.4. The SMILES string of the molecule is CC(C)(CC/C=C/C(=O)O)[C@@H](OC(=O)Nc1ccccc1)c1cc(I)ccc1O. The summed E-state index contributed by atoms with van der Waals surface area (Å²) in [6.07, 6.45) is 2.33. The zero-order valence-electron chi connectivity index (χ0n) is 16.3. The van der Waals surface area contributed by atoms with E-state index in [9.17, 15) is 14.7 Å². The molecule has 0 bridgehead atoms. The molecule has 2 rings (SSSR count). The molecule has 3 N–H and O–H groups in total. The van der Waals surface area contributed by atoms with Crippen LogP contribution in [0.4, 0.5) is 10.5 Å². The lowest BCUT2D eigenvalue weighted by atomic mass is 9.78. The zero-order chi connectivity index (χ0) is 21.4. The Hall–Kier alpha value is -2.55. The third kappa shape index (κ3) is 7.08. The maximum atomic E-state index is 12.5. The highest BCUT2D eigenvalue weighted by atomic mass is 127. The quantitative estimate of drug-likeness (QED) is 0.312. The van der Waals surface area contributed by atoms with Crippen molar-refractivity contribution in [2.24, 2.45) is 5.41 Å². The third-order valence-corrected chi connectivity index (χ3v) is 5.11. The Balaban J connectivity index is 2.26. The van der Waals surface area contributed by atoms with Gasteiger partial charge in [0.05, 0.1) is 0 Å². The molecule has 29 heavy (non-hydrogen) atoms. The molecule has 7 heteroatoms. The van der Waals surface area contributed by atoms with Crippen LogP contribution in [0.3, 0.4) is 0 Å². The van der Waals surface area contributed by atoms with Crippen LogP contribution < -0.4 is 5.32 Å². The predicted molar refractivity (Wildman–Crippen MR) is 120 cm³/mol. The number of hydrogen-bond acceptors (Lipinski definition) is 4. The summed E-state index contributed by atoms with van der Waals surface area (Å²) in [5.74, 6) is -0.967. The number of amides is 1. The Morgan fingerprint density at radius 2 is 1.90 bits per heavy atom. The molecule has 154 valence electrons. The van der Waals surface area contributed by atoms with Gasteiger partial charge in [-0.2, -0.15) is 0 Å². The first-order valence-electron chi connectivity index (χ1n) is 9.09. The van der Waals surface area contributed by atoms with Crippen LogP contribution in [0.5, 0.6) is 5.75 Å². The summed E-state index contributed by atoms with van der Waals surface area (Å²) in [7, 11) is 0. The molecule has 0 fully saturated rings. The molecule has 2 aromatic carbocycles. The first-order valence-corrected chi connectivity index (χ1v) is 10.2. The van der Waals surface area contributed by atoms with E-state index in [0.717, 1.165) is 9.65 Å². The van der Waals surface area contributed by atoms with Gasteiger partial charge in [-0.25, -0.2) is 9.59 Å². The summed E-state index contributed by atoms with van der Waals surface area (Å²) >= 11 is 2.13. The Labute approximate surface area is 183 Å². The molecule has 0 unspecified atom stereocenters. The Bertz CT molecular complexity index is 880. The van der Waals surface area contributed by atoms with E-state index in [2.05, 4.69) is 27.9 Å². The number of nitrogens with one attached hydrogen (secondary N) is 1. The van der Waals surface area contributed by atoms with E-state index in [0.29, 0.717) is 24.1 Å². The number of carboxylic acids is 1. The van der Waals surface area contributed by atoms with Crippen LogP contribution in [0.1, 0.15) is 38.4 Å². The minimum absolute atomic E-state index is 0.0390. The first kappa shape index (κ1) is 22.7. The fourth-order valence-electron chi connectivity index (χ4n) is 2.93. The average molecular weight is 509 g/mol. The van der Waals surface area contributed by atoms with Crippen LogP contribution in [-0.2, 0) is 9.53 Å². The van der Waals surface area contributed by atoms with E-state index in [4.69, 9.17) is 9.84 Å². The number of carbonyl (C=O) groups is 2. The smallest absolute Gasteiger partial charge is 0.412 e. The molecule has 0 radical (unpaired) electrons. The van der Waals surface area contributed by atoms with Gasteiger partial charge >= 0.3 is 12.1 Å². The average Bonchev–Trinajstić information content (AvgIpc) is 2.66. The topological polar surface area (TPSA) is 95.9 Å². The Kier molecular flexibility index (Phi) is 8.07. The van der Waals surface area contributed by atoms with Gasteiger partial charge in [-0.3, -0.25) is 5.32 Å². The number of anilines is 1. The second kappa shape index (κ2) is 10.3. The van der Waals surface area contributed by atoms with Crippen molar-refractivity contribution in [1.82, 2.24) is 0 Å². The summed E-state index contributed by atoms with van der Waals surface area (Å²) in [6, 6.07) is 14.1. The van der Waals surface area contributed by atoms with Gasteiger partial charge in [-0.1, -0.05) is 38.1 Å². The lowest BCUT2D eigenvalue weighted by Crippen LogP contribution is -2.29. The normalized spacial score (nSPS) is 12.5. The lowest BCUT2D eigenvalue weighted by molar-refractivity contribution is -0.131. The highest BCUT2D eigenvalue weighted by Crippen LogP contribution is 2.44. The van der Waals surface area contributed by atoms with Crippen LogP contribution in [0.25, 0.3) is 0 Å². The van der Waals surface area contributed by atoms with E-state index < -0.39 is 23.6 Å². The van der Waals surface area contributed by atoms with E-state index in [1.54, 1.807) is 48.5 Å². The predicted octanol–water partition coefficient (Wildman–Crippen LogP) is 5.73. The van der Waals surface area contributed by atoms with Crippen molar-refractivity contribution in [3.05, 3.63) is 69.8 Å². The number of aliphatic carboxylic acids is 1. The van der Waals surface area contributed by atoms with Crippen molar-refractivity contribution >= 4 is 40.3 Å². The van der Waals surface area contributed by atoms with E-state index >= 15 is 0 Å². The second-order valence-electron chi connectivity index (χ2n) is 7.25. The van der Waals surface area contributed by atoms with Crippen molar-refractivity contribution in [2.75, 3.05) is 5.32 Å². The molecule has 2 aromatic rings. The molecule has 0 aliphatic heterocycles. The minimum Gasteiger partial charge on any atom is -0.508 e. The number of ether oxygens (including phenoxy) is 1. The van der Waals surface area contributed by atoms with Crippen LogP contribution >= 0.6 is 22.6 Å². The third-order valence-electron chi connectivity index (χ3n) is 4.44. The molecule has 1 atom stereocenters. The van der Waals surface area contributed by atoms with Gasteiger partial charge in [0.2, 0.25) is 0 Å². The molecule has 0 spiro atoms. The van der Waals surface area contributed by atoms with Crippen molar-refractivity contribution < 1.29 is 24.5 Å². The largest absolute Gasteiger partial charge is 0.508 e. The van der Waals surface area contributed by atoms with E-state index in [1.807, 2.05) is 19.9 Å². The summed E-state index contributed by atoms with van der Waals surface area (Å²) in [4.78, 5) is 23.2. The molecule has 0 saturated carbocycles. The van der Waals surface area contributed by atoms with Gasteiger partial charge in [0, 0.05) is 26.3 Å². The van der Waals surface area contributed by atoms with Gasteiger partial charge in [-0.15, -0.1) is 0 Å². The fraction of sp³-hybridized carbons (Fsp3) is 0.273. The minimum atomic E-state index is -1.01. The number of halogens is 1. The molecule has 1 amide bonds. The molecule has 0 aliphatic rings. The maximum Gasteiger partial charge on any atom is 0.412 e. The standard InChI is InChI=1S/C22H24INO5/c1-22(2,13-7-6-10-19(26)27)20(17-14-15(23)11-12-18(17)25)29-21(28)24-16-8-4-3-5-9-16/h3-6,8-12,14,20,25H,7,13H2,1-2H3,(H,24,28)(H,26,27)/b10-6+/t20-/m0/s1. The highest BCUT2D eigenvalue weighted by molar-refractivity contribution is 14.1. The molecule has 0 heterocycles. The van der Waals surface area contributed by atoms with E-state index in [-0.39, 0.29) is 5.75 Å². The van der Waals surface area contributed by atoms with Gasteiger partial charge in [0.25, 0.3) is 0 Å². The monoisotopic (exact) mass is 509 g/mol. The van der Waals surface area contributed by atoms with Crippen molar-refractivity contribution in [3.63, 3.8) is 0 Å². The van der Waals surface area contributed by atoms with Gasteiger partial charge in [-0.05, 0) is 65.8 Å². The number of benzene rings is 2. The summed E-state index contributed by atoms with van der Waals surface area (Å²) in [6.45, 7) is 3.84. The van der Waals surface area contributed by atoms with Gasteiger partial charge in [0.1, 0.15) is 11.9 Å². The number of rotatable bonds is 8. The Morgan fingerprint density at radius 3 is 2.55 bits per heavy atom. The van der Waals surface area contributed by atoms with E-state index in [1.165, 1.54) is 0 Å². The summed E-state index contributed by atoms with van der Waals surface area (Å²) in [5, 5.41) is 21.9. The number of para-hydroxylation sites is 1. The molecule has 0 saturated heterocycles. The van der Waals surface area contributed by atoms with Crippen LogP contribution in [-0.4, -0.2) is 22.3 Å². The fourth-order valence-corrected chi connectivity index (χ4v) is 3.44. The number of allylic oxidation sites excluding steroid dienone is 1. The number of carbonyl (C=O) groups excluding carboxylic acids is 1. The Morgan fingerprint density at radius 1 is 1.21 bits per heavy atom. The number of phenolic OH excluding ortho intramolecular Hbond substituents is 1. The van der Waals surface area contributed by atoms with Gasteiger partial charge < -0.3 is 14.9 Å².